The van der Waals surface area contributed by atoms with Gasteiger partial charge in [-0.05, 0) is 6.92 Å². The van der Waals surface area contributed by atoms with Crippen LogP contribution in [-0.4, -0.2) is 23.7 Å². The lowest BCUT2D eigenvalue weighted by Crippen LogP contribution is -2.14. The third-order valence-electron chi connectivity index (χ3n) is 0.805. The van der Waals surface area contributed by atoms with Crippen LogP contribution in [0.5, 0.6) is 0 Å². The van der Waals surface area contributed by atoms with Gasteiger partial charge in [-0.3, -0.25) is 4.79 Å². The Morgan fingerprint density at radius 1 is 1.80 bits per heavy atom. The van der Waals surface area contributed by atoms with E-state index in [0.717, 1.165) is 0 Å². The molecule has 0 aromatic heterocycles. The van der Waals surface area contributed by atoms with Crippen molar-refractivity contribution in [2.24, 2.45) is 0 Å². The highest BCUT2D eigenvalue weighted by Crippen LogP contribution is 1.99. The summed E-state index contributed by atoms with van der Waals surface area (Å²) in [6.07, 6.45) is 0.984. The number of ether oxygens (including phenoxy) is 1. The molecule has 0 radical (unpaired) electrons. The maximum Gasteiger partial charge on any atom is 0.319 e. The fourth-order valence-electron chi connectivity index (χ4n) is 0.322. The topological polar surface area (TPSA) is 43.4 Å². The molecule has 0 N–H and O–H groups in total. The van der Waals surface area contributed by atoms with Crippen LogP contribution in [0.1, 0.15) is 13.3 Å². The number of hydrogen-bond acceptors (Lipinski definition) is 3. The molecule has 1 unspecified atom stereocenters. The van der Waals surface area contributed by atoms with Crippen molar-refractivity contribution >= 4 is 28.2 Å². The predicted molar refractivity (Wildman–Crippen MR) is 40.0 cm³/mol. The molecule has 0 aromatic carbocycles. The van der Waals surface area contributed by atoms with Crippen LogP contribution in [0.25, 0.3) is 0 Å². The largest absolute Gasteiger partial charge is 0.464 e. The van der Waals surface area contributed by atoms with Crippen LogP contribution in [0, 0.1) is 0 Å². The Morgan fingerprint density at radius 3 is 2.80 bits per heavy atom. The van der Waals surface area contributed by atoms with Gasteiger partial charge in [0.25, 0.3) is 0 Å². The average molecular weight is 209 g/mol. The Hall–Kier alpha value is -0.380. The van der Waals surface area contributed by atoms with Crippen LogP contribution in [0.2, 0.25) is 0 Å². The molecule has 0 rings (SSSR count). The van der Waals surface area contributed by atoms with Gasteiger partial charge in [0.15, 0.2) is 0 Å². The Balaban J connectivity index is 3.30. The number of carbonyl (C=O) groups is 2. The summed E-state index contributed by atoms with van der Waals surface area (Å²) in [5.41, 5.74) is 0. The molecule has 0 aliphatic carbocycles. The quantitative estimate of drug-likeness (QED) is 0.299. The molecule has 0 aliphatic rings. The lowest BCUT2D eigenvalue weighted by molar-refractivity contribution is -0.142. The number of aldehydes is 1. The fraction of sp³-hybridized carbons (Fsp3) is 0.667. The predicted octanol–water partition coefficient (Wildman–Crippen LogP) is 0.902. The highest BCUT2D eigenvalue weighted by Gasteiger charge is 2.08. The minimum Gasteiger partial charge on any atom is -0.464 e. The van der Waals surface area contributed by atoms with Gasteiger partial charge >= 0.3 is 5.97 Å². The normalized spacial score (nSPS) is 12.2. The SMILES string of the molecule is CC(Br)C(=O)OCCC=O. The van der Waals surface area contributed by atoms with E-state index in [0.29, 0.717) is 6.29 Å². The Kier molecular flexibility index (Phi) is 5.20. The van der Waals surface area contributed by atoms with Gasteiger partial charge < -0.3 is 9.53 Å². The van der Waals surface area contributed by atoms with Gasteiger partial charge in [-0.1, -0.05) is 15.9 Å². The first-order chi connectivity index (χ1) is 4.68. The zero-order valence-corrected chi connectivity index (χ0v) is 7.26. The van der Waals surface area contributed by atoms with Crippen molar-refractivity contribution < 1.29 is 14.3 Å². The number of halogens is 1. The molecule has 0 aromatic rings. The average Bonchev–Trinajstić information content (AvgIpc) is 1.88. The highest BCUT2D eigenvalue weighted by atomic mass is 79.9. The van der Waals surface area contributed by atoms with E-state index in [-0.39, 0.29) is 23.8 Å². The molecule has 0 bridgehead atoms. The minimum absolute atomic E-state index is 0.179. The number of esters is 1. The number of carbonyl (C=O) groups excluding carboxylic acids is 2. The third kappa shape index (κ3) is 4.49. The van der Waals surface area contributed by atoms with E-state index in [4.69, 9.17) is 0 Å². The van der Waals surface area contributed by atoms with Gasteiger partial charge in [-0.15, -0.1) is 0 Å². The molecule has 0 aliphatic heterocycles. The summed E-state index contributed by atoms with van der Waals surface area (Å²) in [5.74, 6) is -0.332. The highest BCUT2D eigenvalue weighted by molar-refractivity contribution is 9.10. The summed E-state index contributed by atoms with van der Waals surface area (Å²) >= 11 is 3.03. The summed E-state index contributed by atoms with van der Waals surface area (Å²) in [5, 5.41) is 0. The van der Waals surface area contributed by atoms with Crippen LogP contribution >= 0.6 is 15.9 Å². The molecule has 0 fully saturated rings. The van der Waals surface area contributed by atoms with Crippen molar-refractivity contribution in [3.8, 4) is 0 Å². The molecular formula is C6H9BrO3. The van der Waals surface area contributed by atoms with E-state index < -0.39 is 0 Å². The maximum absolute atomic E-state index is 10.6. The summed E-state index contributed by atoms with van der Waals surface area (Å²) in [7, 11) is 0. The van der Waals surface area contributed by atoms with Crippen molar-refractivity contribution in [2.75, 3.05) is 6.61 Å². The van der Waals surface area contributed by atoms with Crippen molar-refractivity contribution in [2.45, 2.75) is 18.2 Å². The van der Waals surface area contributed by atoms with Crippen LogP contribution in [-0.2, 0) is 14.3 Å². The zero-order valence-electron chi connectivity index (χ0n) is 5.67. The Bertz CT molecular complexity index is 122. The summed E-state index contributed by atoms with van der Waals surface area (Å²) in [4.78, 5) is 20.1. The van der Waals surface area contributed by atoms with E-state index in [1.54, 1.807) is 6.92 Å². The van der Waals surface area contributed by atoms with E-state index in [1.165, 1.54) is 0 Å². The molecule has 0 heterocycles. The molecule has 0 saturated carbocycles. The monoisotopic (exact) mass is 208 g/mol. The number of alkyl halides is 1. The van der Waals surface area contributed by atoms with Crippen LogP contribution < -0.4 is 0 Å². The van der Waals surface area contributed by atoms with Crippen LogP contribution in [0.15, 0.2) is 0 Å². The van der Waals surface area contributed by atoms with Gasteiger partial charge in [0.2, 0.25) is 0 Å². The van der Waals surface area contributed by atoms with Gasteiger partial charge in [-0.2, -0.15) is 0 Å². The summed E-state index contributed by atoms with van der Waals surface area (Å²) < 4.78 is 4.63. The second-order valence-corrected chi connectivity index (χ2v) is 3.11. The lowest BCUT2D eigenvalue weighted by atomic mass is 10.5. The maximum atomic E-state index is 10.6. The van der Waals surface area contributed by atoms with Gasteiger partial charge in [0, 0.05) is 6.42 Å². The second kappa shape index (κ2) is 5.41. The smallest absolute Gasteiger partial charge is 0.319 e. The number of hydrogen-bond donors (Lipinski definition) is 0. The standard InChI is InChI=1S/C6H9BrO3/c1-5(7)6(9)10-4-2-3-8/h3,5H,2,4H2,1H3. The molecule has 58 valence electrons. The number of rotatable bonds is 4. The molecule has 0 saturated heterocycles. The van der Waals surface area contributed by atoms with E-state index in [2.05, 4.69) is 20.7 Å². The Morgan fingerprint density at radius 2 is 2.40 bits per heavy atom. The van der Waals surface area contributed by atoms with Gasteiger partial charge in [0.05, 0.1) is 6.61 Å². The summed E-state index contributed by atoms with van der Waals surface area (Å²) in [6, 6.07) is 0. The van der Waals surface area contributed by atoms with Crippen molar-refractivity contribution in [1.29, 1.82) is 0 Å². The molecule has 3 nitrogen and oxygen atoms in total. The van der Waals surface area contributed by atoms with E-state index >= 15 is 0 Å². The van der Waals surface area contributed by atoms with Crippen molar-refractivity contribution in [3.63, 3.8) is 0 Å². The lowest BCUT2D eigenvalue weighted by Gasteiger charge is -2.02. The van der Waals surface area contributed by atoms with Crippen LogP contribution in [0.3, 0.4) is 0 Å². The first-order valence-corrected chi connectivity index (χ1v) is 3.84. The molecule has 1 atom stereocenters. The fourth-order valence-corrected chi connectivity index (χ4v) is 0.455. The van der Waals surface area contributed by atoms with Gasteiger partial charge in [-0.25, -0.2) is 0 Å². The first-order valence-electron chi connectivity index (χ1n) is 2.93. The van der Waals surface area contributed by atoms with Gasteiger partial charge in [0.1, 0.15) is 11.1 Å². The molecule has 10 heavy (non-hydrogen) atoms. The van der Waals surface area contributed by atoms with E-state index in [9.17, 15) is 9.59 Å². The van der Waals surface area contributed by atoms with E-state index in [1.807, 2.05) is 0 Å². The molecule has 0 spiro atoms. The minimum atomic E-state index is -0.332. The summed E-state index contributed by atoms with van der Waals surface area (Å²) in [6.45, 7) is 1.85. The Labute approximate surface area is 67.9 Å². The third-order valence-corrected chi connectivity index (χ3v) is 1.18. The first kappa shape index (κ1) is 9.62. The van der Waals surface area contributed by atoms with Crippen molar-refractivity contribution in [3.05, 3.63) is 0 Å². The van der Waals surface area contributed by atoms with Crippen molar-refractivity contribution in [1.82, 2.24) is 0 Å². The molecular weight excluding hydrogens is 200 g/mol. The zero-order chi connectivity index (χ0) is 7.98. The van der Waals surface area contributed by atoms with Crippen LogP contribution in [0.4, 0.5) is 0 Å². The molecule has 4 heteroatoms. The molecule has 0 amide bonds. The second-order valence-electron chi connectivity index (χ2n) is 1.74.